The van der Waals surface area contributed by atoms with Gasteiger partial charge in [0, 0.05) is 36.2 Å². The fourth-order valence-electron chi connectivity index (χ4n) is 2.09. The van der Waals surface area contributed by atoms with Gasteiger partial charge in [0.2, 0.25) is 5.52 Å². The van der Waals surface area contributed by atoms with E-state index in [0.29, 0.717) is 0 Å². The molecule has 0 aromatic carbocycles. The second-order valence-electron chi connectivity index (χ2n) is 4.14. The lowest BCUT2D eigenvalue weighted by Gasteiger charge is -2.03. The summed E-state index contributed by atoms with van der Waals surface area (Å²) in [5, 5.41) is 0. The summed E-state index contributed by atoms with van der Waals surface area (Å²) in [6.45, 7) is 2.13. The number of nitrogens with zero attached hydrogens (tertiary/aromatic N) is 2. The van der Waals surface area contributed by atoms with Gasteiger partial charge in [0.05, 0.1) is 0 Å². The molecule has 3 aromatic rings. The van der Waals surface area contributed by atoms with Gasteiger partial charge in [-0.05, 0) is 36.2 Å². The maximum Gasteiger partial charge on any atom is 0.211 e. The van der Waals surface area contributed by atoms with Crippen molar-refractivity contribution in [3.63, 3.8) is 0 Å². The number of pyridine rings is 3. The highest BCUT2D eigenvalue weighted by Crippen LogP contribution is 2.22. The molecule has 17 heavy (non-hydrogen) atoms. The topological polar surface area (TPSA) is 17.0 Å². The first-order chi connectivity index (χ1) is 8.34. The smallest absolute Gasteiger partial charge is 0.211 e. The molecule has 2 nitrogen and oxygen atoms in total. The molecule has 0 aliphatic carbocycles. The molecule has 3 rings (SSSR count). The lowest BCUT2D eigenvalue weighted by atomic mass is 10.0. The molecule has 3 aromatic heterocycles. The standard InChI is InChI=1S/C15H13N2/c1-12-11-17-9-3-2-4-14(17)10-15(12)13-5-7-16-8-6-13/h2-11H,1H3/q+1. The lowest BCUT2D eigenvalue weighted by Crippen LogP contribution is -2.20. The molecular weight excluding hydrogens is 208 g/mol. The molecule has 82 valence electrons. The van der Waals surface area contributed by atoms with E-state index in [0.717, 1.165) is 0 Å². The third-order valence-corrected chi connectivity index (χ3v) is 2.96. The fraction of sp³-hybridized carbons (Fsp3) is 0.0667. The van der Waals surface area contributed by atoms with Gasteiger partial charge in [-0.1, -0.05) is 0 Å². The molecule has 0 N–H and O–H groups in total. The van der Waals surface area contributed by atoms with Crippen LogP contribution >= 0.6 is 0 Å². The number of hydrogen-bond donors (Lipinski definition) is 0. The van der Waals surface area contributed by atoms with Crippen LogP contribution in [-0.2, 0) is 0 Å². The van der Waals surface area contributed by atoms with Crippen molar-refractivity contribution in [1.29, 1.82) is 0 Å². The van der Waals surface area contributed by atoms with Crippen molar-refractivity contribution in [2.75, 3.05) is 0 Å². The summed E-state index contributed by atoms with van der Waals surface area (Å²) >= 11 is 0. The Morgan fingerprint density at radius 3 is 2.71 bits per heavy atom. The molecule has 0 bridgehead atoms. The molecule has 0 amide bonds. The Morgan fingerprint density at radius 2 is 1.88 bits per heavy atom. The molecular formula is C15H13N2+. The first-order valence-corrected chi connectivity index (χ1v) is 5.66. The highest BCUT2D eigenvalue weighted by atomic mass is 14.8. The Hall–Kier alpha value is -2.22. The van der Waals surface area contributed by atoms with Crippen molar-refractivity contribution in [3.05, 3.63) is 66.7 Å². The number of aryl methyl sites for hydroxylation is 1. The van der Waals surface area contributed by atoms with E-state index in [4.69, 9.17) is 0 Å². The number of fused-ring (bicyclic) bond motifs is 1. The molecule has 0 atom stereocenters. The van der Waals surface area contributed by atoms with E-state index in [1.165, 1.54) is 22.2 Å². The highest BCUT2D eigenvalue weighted by Gasteiger charge is 2.08. The van der Waals surface area contributed by atoms with E-state index in [1.54, 1.807) is 0 Å². The zero-order chi connectivity index (χ0) is 11.7. The summed E-state index contributed by atoms with van der Waals surface area (Å²) in [4.78, 5) is 4.06. The Labute approximate surface area is 100 Å². The number of aromatic nitrogens is 2. The van der Waals surface area contributed by atoms with Gasteiger partial charge in [-0.2, -0.15) is 4.40 Å². The quantitative estimate of drug-likeness (QED) is 0.577. The average Bonchev–Trinajstić information content (AvgIpc) is 2.39. The Bertz CT molecular complexity index is 660. The monoisotopic (exact) mass is 221 g/mol. The average molecular weight is 221 g/mol. The second kappa shape index (κ2) is 3.98. The van der Waals surface area contributed by atoms with Crippen molar-refractivity contribution in [1.82, 2.24) is 4.98 Å². The third-order valence-electron chi connectivity index (χ3n) is 2.96. The SMILES string of the molecule is Cc1c[n+]2ccccc2cc1-c1ccncc1. The van der Waals surface area contributed by atoms with Crippen LogP contribution in [0, 0.1) is 6.92 Å². The molecule has 3 heterocycles. The van der Waals surface area contributed by atoms with Gasteiger partial charge >= 0.3 is 0 Å². The predicted molar refractivity (Wildman–Crippen MR) is 67.6 cm³/mol. The Morgan fingerprint density at radius 1 is 1.06 bits per heavy atom. The van der Waals surface area contributed by atoms with Crippen molar-refractivity contribution >= 4 is 5.52 Å². The summed E-state index contributed by atoms with van der Waals surface area (Å²) in [5.41, 5.74) is 4.94. The van der Waals surface area contributed by atoms with Crippen molar-refractivity contribution in [2.45, 2.75) is 6.92 Å². The van der Waals surface area contributed by atoms with Crippen LogP contribution in [0.3, 0.4) is 0 Å². The van der Waals surface area contributed by atoms with Gasteiger partial charge in [0.1, 0.15) is 0 Å². The zero-order valence-corrected chi connectivity index (χ0v) is 9.67. The molecule has 0 aliphatic rings. The van der Waals surface area contributed by atoms with Crippen LogP contribution in [0.15, 0.2) is 61.2 Å². The van der Waals surface area contributed by atoms with Crippen molar-refractivity contribution in [2.24, 2.45) is 0 Å². The van der Waals surface area contributed by atoms with Gasteiger partial charge in [0.15, 0.2) is 12.4 Å². The molecule has 2 heteroatoms. The van der Waals surface area contributed by atoms with Crippen LogP contribution in [-0.4, -0.2) is 4.98 Å². The first-order valence-electron chi connectivity index (χ1n) is 5.66. The molecule has 0 unspecified atom stereocenters. The maximum absolute atomic E-state index is 4.06. The largest absolute Gasteiger partial charge is 0.265 e. The van der Waals surface area contributed by atoms with Gasteiger partial charge in [0.25, 0.3) is 0 Å². The van der Waals surface area contributed by atoms with Gasteiger partial charge in [-0.3, -0.25) is 4.98 Å². The maximum atomic E-state index is 4.06. The minimum Gasteiger partial charge on any atom is -0.265 e. The van der Waals surface area contributed by atoms with Crippen LogP contribution in [0.5, 0.6) is 0 Å². The minimum absolute atomic E-state index is 1.20. The summed E-state index contributed by atoms with van der Waals surface area (Å²) < 4.78 is 2.14. The van der Waals surface area contributed by atoms with Crippen LogP contribution in [0.4, 0.5) is 0 Å². The second-order valence-corrected chi connectivity index (χ2v) is 4.14. The van der Waals surface area contributed by atoms with Crippen LogP contribution in [0.1, 0.15) is 5.56 Å². The van der Waals surface area contributed by atoms with Crippen molar-refractivity contribution in [3.8, 4) is 11.1 Å². The number of hydrogen-bond acceptors (Lipinski definition) is 1. The Balaban J connectivity index is 2.27. The normalized spacial score (nSPS) is 10.6. The van der Waals surface area contributed by atoms with Gasteiger partial charge in [-0.25, -0.2) is 0 Å². The van der Waals surface area contributed by atoms with E-state index in [2.05, 4.69) is 46.9 Å². The zero-order valence-electron chi connectivity index (χ0n) is 9.67. The van der Waals surface area contributed by atoms with Gasteiger partial charge < -0.3 is 0 Å². The molecule has 0 spiro atoms. The highest BCUT2D eigenvalue weighted by molar-refractivity contribution is 5.69. The van der Waals surface area contributed by atoms with E-state index < -0.39 is 0 Å². The predicted octanol–water partition coefficient (Wildman–Crippen LogP) is 2.80. The molecule has 0 saturated heterocycles. The van der Waals surface area contributed by atoms with Crippen LogP contribution in [0.2, 0.25) is 0 Å². The molecule has 0 aliphatic heterocycles. The van der Waals surface area contributed by atoms with E-state index in [1.807, 2.05) is 30.6 Å². The molecule has 0 fully saturated rings. The summed E-state index contributed by atoms with van der Waals surface area (Å²) in [6.07, 6.45) is 7.89. The Kier molecular flexibility index (Phi) is 2.33. The number of rotatable bonds is 1. The van der Waals surface area contributed by atoms with E-state index >= 15 is 0 Å². The van der Waals surface area contributed by atoms with Crippen LogP contribution in [0.25, 0.3) is 16.6 Å². The van der Waals surface area contributed by atoms with Crippen LogP contribution < -0.4 is 4.40 Å². The molecule has 0 saturated carbocycles. The molecule has 0 radical (unpaired) electrons. The van der Waals surface area contributed by atoms with Gasteiger partial charge in [-0.15, -0.1) is 0 Å². The summed E-state index contributed by atoms with van der Waals surface area (Å²) in [7, 11) is 0. The van der Waals surface area contributed by atoms with Crippen molar-refractivity contribution < 1.29 is 4.40 Å². The summed E-state index contributed by atoms with van der Waals surface area (Å²) in [6, 6.07) is 12.5. The lowest BCUT2D eigenvalue weighted by molar-refractivity contribution is -0.512. The third kappa shape index (κ3) is 1.78. The fourth-order valence-corrected chi connectivity index (χ4v) is 2.09. The first kappa shape index (κ1) is 9.97. The van der Waals surface area contributed by atoms with E-state index in [9.17, 15) is 0 Å². The van der Waals surface area contributed by atoms with E-state index in [-0.39, 0.29) is 0 Å². The summed E-state index contributed by atoms with van der Waals surface area (Å²) in [5.74, 6) is 0. The minimum atomic E-state index is 1.20.